The monoisotopic (exact) mass is 381 g/mol. The Morgan fingerprint density at radius 2 is 2.00 bits per heavy atom. The number of ether oxygens (including phenoxy) is 1. The van der Waals surface area contributed by atoms with Crippen LogP contribution in [0.3, 0.4) is 0 Å². The van der Waals surface area contributed by atoms with E-state index in [0.717, 1.165) is 12.1 Å². The molecule has 1 saturated heterocycles. The Hall–Kier alpha value is -3.00. The minimum absolute atomic E-state index is 0.108. The molecule has 0 atom stereocenters. The number of carbonyl (C=O) groups is 1. The first-order valence-corrected chi connectivity index (χ1v) is 9.41. The quantitative estimate of drug-likeness (QED) is 0.714. The van der Waals surface area contributed by atoms with Gasteiger partial charge in [-0.25, -0.2) is 4.39 Å². The molecule has 5 rings (SSSR count). The van der Waals surface area contributed by atoms with E-state index in [1.54, 1.807) is 12.1 Å². The van der Waals surface area contributed by atoms with Gasteiger partial charge in [0.1, 0.15) is 11.4 Å². The molecule has 0 unspecified atom stereocenters. The van der Waals surface area contributed by atoms with Crippen LogP contribution in [-0.4, -0.2) is 50.9 Å². The van der Waals surface area contributed by atoms with Gasteiger partial charge in [0.25, 0.3) is 5.91 Å². The lowest BCUT2D eigenvalue weighted by atomic mass is 9.83. The number of piperidine rings is 1. The Bertz CT molecular complexity index is 1020. The normalized spacial score (nSPS) is 18.2. The highest BCUT2D eigenvalue weighted by Crippen LogP contribution is 2.40. The highest BCUT2D eigenvalue weighted by Gasteiger charge is 2.43. The van der Waals surface area contributed by atoms with Crippen LogP contribution in [0.5, 0.6) is 0 Å². The van der Waals surface area contributed by atoms with Crippen molar-refractivity contribution in [3.8, 4) is 11.3 Å². The van der Waals surface area contributed by atoms with Crippen LogP contribution in [0.4, 0.5) is 4.39 Å². The fourth-order valence-electron chi connectivity index (χ4n) is 4.27. The van der Waals surface area contributed by atoms with Gasteiger partial charge in [-0.05, 0) is 37.0 Å². The zero-order valence-electron chi connectivity index (χ0n) is 15.2. The van der Waals surface area contributed by atoms with E-state index in [2.05, 4.69) is 20.4 Å². The number of rotatable bonds is 2. The Labute approximate surface area is 160 Å². The van der Waals surface area contributed by atoms with E-state index < -0.39 is 0 Å². The van der Waals surface area contributed by atoms with Crippen molar-refractivity contribution in [3.63, 3.8) is 0 Å². The molecule has 4 heterocycles. The number of hydrogen-bond acceptors (Lipinski definition) is 4. The minimum atomic E-state index is -0.386. The van der Waals surface area contributed by atoms with Crippen LogP contribution in [0.1, 0.15) is 34.5 Å². The molecule has 8 heteroatoms. The standard InChI is InChI=1S/C20H20FN5O2/c21-15-3-1-2-13(10-15)17-16(12-23-24-17)19(27)26-7-5-20(6-8-26)18-14(4-9-28-20)11-22-25-18/h1-3,10-12H,4-9H2,(H,22,25)(H,23,24). The predicted octanol–water partition coefficient (Wildman–Crippen LogP) is 2.64. The Kier molecular flexibility index (Phi) is 4.01. The van der Waals surface area contributed by atoms with Crippen LogP contribution in [0.2, 0.25) is 0 Å². The number of H-pyrrole nitrogens is 2. The second-order valence-corrected chi connectivity index (χ2v) is 7.32. The number of likely N-dealkylation sites (tertiary alicyclic amines) is 1. The third-order valence-electron chi connectivity index (χ3n) is 5.76. The number of halogens is 1. The van der Waals surface area contributed by atoms with Gasteiger partial charge in [-0.3, -0.25) is 15.0 Å². The number of nitrogens with zero attached hydrogens (tertiary/aromatic N) is 3. The van der Waals surface area contributed by atoms with Crippen LogP contribution in [0, 0.1) is 5.82 Å². The molecular weight excluding hydrogens is 361 g/mol. The summed E-state index contributed by atoms with van der Waals surface area (Å²) in [5, 5.41) is 14.1. The van der Waals surface area contributed by atoms with Gasteiger partial charge in [-0.15, -0.1) is 0 Å². The topological polar surface area (TPSA) is 86.9 Å². The molecule has 3 aromatic rings. The second kappa shape index (κ2) is 6.56. The lowest BCUT2D eigenvalue weighted by Crippen LogP contribution is -2.48. The number of nitrogens with one attached hydrogen (secondary N) is 2. The number of fused-ring (bicyclic) bond motifs is 2. The summed E-state index contributed by atoms with van der Waals surface area (Å²) >= 11 is 0. The molecule has 144 valence electrons. The Morgan fingerprint density at radius 1 is 1.18 bits per heavy atom. The van der Waals surface area contributed by atoms with E-state index in [4.69, 9.17) is 4.74 Å². The molecule has 0 radical (unpaired) electrons. The molecule has 0 bridgehead atoms. The lowest BCUT2D eigenvalue weighted by molar-refractivity contribution is -0.0962. The van der Waals surface area contributed by atoms with Crippen molar-refractivity contribution >= 4 is 5.91 Å². The van der Waals surface area contributed by atoms with Gasteiger partial charge in [-0.1, -0.05) is 12.1 Å². The van der Waals surface area contributed by atoms with E-state index in [9.17, 15) is 9.18 Å². The first-order valence-electron chi connectivity index (χ1n) is 9.41. The molecule has 0 saturated carbocycles. The first-order chi connectivity index (χ1) is 13.7. The van der Waals surface area contributed by atoms with Crippen molar-refractivity contribution in [3.05, 3.63) is 59.3 Å². The molecule has 2 N–H and O–H groups in total. The van der Waals surface area contributed by atoms with Crippen LogP contribution in [-0.2, 0) is 16.8 Å². The molecule has 7 nitrogen and oxygen atoms in total. The summed E-state index contributed by atoms with van der Waals surface area (Å²) in [6.45, 7) is 1.82. The molecular formula is C20H20FN5O2. The summed E-state index contributed by atoms with van der Waals surface area (Å²) in [6, 6.07) is 6.14. The largest absolute Gasteiger partial charge is 0.368 e. The van der Waals surface area contributed by atoms with Crippen molar-refractivity contribution in [2.45, 2.75) is 24.9 Å². The average Bonchev–Trinajstić information content (AvgIpc) is 3.38. The van der Waals surface area contributed by atoms with Gasteiger partial charge in [0.05, 0.1) is 36.0 Å². The number of benzene rings is 1. The van der Waals surface area contributed by atoms with Crippen LogP contribution in [0.15, 0.2) is 36.7 Å². The summed E-state index contributed by atoms with van der Waals surface area (Å²) in [5.74, 6) is -0.460. The summed E-state index contributed by atoms with van der Waals surface area (Å²) in [5.41, 5.74) is 3.46. The Balaban J connectivity index is 1.36. The number of carbonyl (C=O) groups excluding carboxylic acids is 1. The maximum atomic E-state index is 13.6. The average molecular weight is 381 g/mol. The smallest absolute Gasteiger partial charge is 0.257 e. The molecule has 2 aliphatic heterocycles. The van der Waals surface area contributed by atoms with E-state index in [0.29, 0.717) is 49.4 Å². The van der Waals surface area contributed by atoms with Crippen LogP contribution < -0.4 is 0 Å². The van der Waals surface area contributed by atoms with Gasteiger partial charge in [-0.2, -0.15) is 10.2 Å². The Morgan fingerprint density at radius 3 is 2.82 bits per heavy atom. The van der Waals surface area contributed by atoms with Crippen molar-refractivity contribution in [1.82, 2.24) is 25.3 Å². The molecule has 1 spiro atoms. The number of aromatic amines is 2. The zero-order chi connectivity index (χ0) is 19.1. The molecule has 0 aliphatic carbocycles. The van der Waals surface area contributed by atoms with Crippen LogP contribution in [0.25, 0.3) is 11.3 Å². The minimum Gasteiger partial charge on any atom is -0.368 e. The summed E-state index contributed by atoms with van der Waals surface area (Å²) in [4.78, 5) is 14.9. The van der Waals surface area contributed by atoms with Crippen molar-refractivity contribution in [2.75, 3.05) is 19.7 Å². The first kappa shape index (κ1) is 17.1. The summed E-state index contributed by atoms with van der Waals surface area (Å²) in [7, 11) is 0. The van der Waals surface area contributed by atoms with E-state index in [-0.39, 0.29) is 17.3 Å². The van der Waals surface area contributed by atoms with Crippen molar-refractivity contribution in [1.29, 1.82) is 0 Å². The van der Waals surface area contributed by atoms with Gasteiger partial charge < -0.3 is 9.64 Å². The van der Waals surface area contributed by atoms with E-state index in [1.807, 2.05) is 11.1 Å². The SMILES string of the molecule is O=C(c1cn[nH]c1-c1cccc(F)c1)N1CCC2(CC1)OCCc1cn[nH]c12. The predicted molar refractivity (Wildman–Crippen MR) is 99.0 cm³/mol. The third-order valence-corrected chi connectivity index (χ3v) is 5.76. The van der Waals surface area contributed by atoms with Crippen molar-refractivity contribution in [2.24, 2.45) is 0 Å². The maximum Gasteiger partial charge on any atom is 0.257 e. The zero-order valence-corrected chi connectivity index (χ0v) is 15.2. The van der Waals surface area contributed by atoms with Gasteiger partial charge in [0.2, 0.25) is 0 Å². The maximum absolute atomic E-state index is 13.6. The molecule has 1 aromatic carbocycles. The fraction of sp³-hybridized carbons (Fsp3) is 0.350. The molecule has 2 aromatic heterocycles. The molecule has 1 amide bonds. The third kappa shape index (κ3) is 2.72. The number of amides is 1. The highest BCUT2D eigenvalue weighted by molar-refractivity contribution is 5.99. The molecule has 28 heavy (non-hydrogen) atoms. The number of aromatic nitrogens is 4. The fourth-order valence-corrected chi connectivity index (χ4v) is 4.27. The molecule has 2 aliphatic rings. The lowest BCUT2D eigenvalue weighted by Gasteiger charge is -2.43. The summed E-state index contributed by atoms with van der Waals surface area (Å²) in [6.07, 6.45) is 5.66. The van der Waals surface area contributed by atoms with E-state index in [1.165, 1.54) is 23.9 Å². The van der Waals surface area contributed by atoms with E-state index >= 15 is 0 Å². The van der Waals surface area contributed by atoms with Crippen LogP contribution >= 0.6 is 0 Å². The van der Waals surface area contributed by atoms with Crippen molar-refractivity contribution < 1.29 is 13.9 Å². The number of hydrogen-bond donors (Lipinski definition) is 2. The highest BCUT2D eigenvalue weighted by atomic mass is 19.1. The molecule has 1 fully saturated rings. The second-order valence-electron chi connectivity index (χ2n) is 7.32. The van der Waals surface area contributed by atoms with Gasteiger partial charge in [0.15, 0.2) is 0 Å². The summed E-state index contributed by atoms with van der Waals surface area (Å²) < 4.78 is 19.7. The van der Waals surface area contributed by atoms with Gasteiger partial charge in [0, 0.05) is 18.7 Å². The van der Waals surface area contributed by atoms with Gasteiger partial charge >= 0.3 is 0 Å².